The average molecular weight is 539 g/mol. The van der Waals surface area contributed by atoms with Crippen molar-refractivity contribution in [3.63, 3.8) is 0 Å². The lowest BCUT2D eigenvalue weighted by Crippen LogP contribution is -2.46. The highest BCUT2D eigenvalue weighted by molar-refractivity contribution is 6.31. The van der Waals surface area contributed by atoms with Gasteiger partial charge in [-0.3, -0.25) is 9.59 Å². The van der Waals surface area contributed by atoms with E-state index in [-0.39, 0.29) is 52.2 Å². The smallest absolute Gasteiger partial charge is 0.380 e. The molecule has 3 N–H and O–H groups in total. The Labute approximate surface area is 211 Å². The van der Waals surface area contributed by atoms with Gasteiger partial charge in [0.05, 0.1) is 24.8 Å². The minimum absolute atomic E-state index is 0.0219. The van der Waals surface area contributed by atoms with Crippen LogP contribution in [0.3, 0.4) is 0 Å². The van der Waals surface area contributed by atoms with Gasteiger partial charge in [-0.25, -0.2) is 8.78 Å². The Hall–Kier alpha value is -3.54. The summed E-state index contributed by atoms with van der Waals surface area (Å²) in [6, 6.07) is 6.55. The SMILES string of the molecule is O=C(Nc1cc(C2(O)COC2)cc2c1C(c1cc(F)ccc1Cl)NC2=O)c1cc(F)cc(C(F)(F)F)c1. The number of rotatable bonds is 4. The van der Waals surface area contributed by atoms with Gasteiger partial charge in [0.2, 0.25) is 0 Å². The first-order chi connectivity index (χ1) is 17.4. The van der Waals surface area contributed by atoms with Gasteiger partial charge in [-0.15, -0.1) is 0 Å². The molecule has 0 radical (unpaired) electrons. The summed E-state index contributed by atoms with van der Waals surface area (Å²) in [5, 5.41) is 16.0. The number of benzene rings is 3. The van der Waals surface area contributed by atoms with Crippen molar-refractivity contribution in [3.05, 3.63) is 98.6 Å². The lowest BCUT2D eigenvalue weighted by atomic mass is 9.87. The van der Waals surface area contributed by atoms with Gasteiger partial charge in [-0.05, 0) is 54.1 Å². The van der Waals surface area contributed by atoms with Crippen molar-refractivity contribution in [1.82, 2.24) is 5.32 Å². The molecule has 0 aromatic heterocycles. The third-order valence-electron chi connectivity index (χ3n) is 6.21. The highest BCUT2D eigenvalue weighted by atomic mass is 35.5. The van der Waals surface area contributed by atoms with E-state index in [1.54, 1.807) is 0 Å². The van der Waals surface area contributed by atoms with Crippen molar-refractivity contribution < 1.29 is 41.4 Å². The second-order valence-corrected chi connectivity index (χ2v) is 9.17. The Morgan fingerprint density at radius 2 is 1.81 bits per heavy atom. The number of anilines is 1. The van der Waals surface area contributed by atoms with Gasteiger partial charge < -0.3 is 20.5 Å². The standard InChI is InChI=1S/C25H16ClF5N2O4/c26-18-2-1-14(27)8-16(18)21-20-17(23(35)33-21)6-12(24(36)9-37-10-24)7-19(20)32-22(34)11-3-13(25(29,30)31)5-15(28)4-11/h1-8,21,36H,9-10H2,(H,32,34)(H,33,35). The van der Waals surface area contributed by atoms with Crippen LogP contribution in [-0.4, -0.2) is 30.1 Å². The molecule has 1 unspecified atom stereocenters. The maximum atomic E-state index is 14.0. The van der Waals surface area contributed by atoms with Crippen LogP contribution in [-0.2, 0) is 16.5 Å². The molecule has 1 saturated heterocycles. The number of hydrogen-bond donors (Lipinski definition) is 3. The Kier molecular flexibility index (Phi) is 5.97. The summed E-state index contributed by atoms with van der Waals surface area (Å²) in [6.45, 7) is -0.197. The first-order valence-corrected chi connectivity index (χ1v) is 11.2. The van der Waals surface area contributed by atoms with Crippen LogP contribution in [0.15, 0.2) is 48.5 Å². The van der Waals surface area contributed by atoms with E-state index in [1.165, 1.54) is 18.2 Å². The molecule has 2 amide bonds. The molecule has 6 nitrogen and oxygen atoms in total. The third kappa shape index (κ3) is 4.54. The van der Waals surface area contributed by atoms with Crippen LogP contribution in [0.4, 0.5) is 27.6 Å². The molecule has 37 heavy (non-hydrogen) atoms. The lowest BCUT2D eigenvalue weighted by Gasteiger charge is -2.37. The van der Waals surface area contributed by atoms with E-state index in [0.717, 1.165) is 12.1 Å². The van der Waals surface area contributed by atoms with Crippen LogP contribution in [0.5, 0.6) is 0 Å². The number of nitrogens with one attached hydrogen (secondary N) is 2. The average Bonchev–Trinajstić information content (AvgIpc) is 3.14. The molecular formula is C25H16ClF5N2O4. The zero-order valence-corrected chi connectivity index (χ0v) is 19.3. The second-order valence-electron chi connectivity index (χ2n) is 8.76. The van der Waals surface area contributed by atoms with Crippen molar-refractivity contribution in [2.75, 3.05) is 18.5 Å². The van der Waals surface area contributed by atoms with E-state index in [2.05, 4.69) is 10.6 Å². The van der Waals surface area contributed by atoms with E-state index in [9.17, 15) is 36.6 Å². The Morgan fingerprint density at radius 3 is 2.46 bits per heavy atom. The quantitative estimate of drug-likeness (QED) is 0.411. The van der Waals surface area contributed by atoms with Crippen LogP contribution in [0.1, 0.15) is 49.0 Å². The molecule has 2 aliphatic heterocycles. The predicted molar refractivity (Wildman–Crippen MR) is 121 cm³/mol. The van der Waals surface area contributed by atoms with E-state index >= 15 is 0 Å². The highest BCUT2D eigenvalue weighted by Crippen LogP contribution is 2.43. The van der Waals surface area contributed by atoms with Crippen molar-refractivity contribution in [3.8, 4) is 0 Å². The number of ether oxygens (including phenoxy) is 1. The van der Waals surface area contributed by atoms with Crippen LogP contribution in [0, 0.1) is 11.6 Å². The maximum Gasteiger partial charge on any atom is 0.416 e. The molecule has 3 aromatic carbocycles. The fourth-order valence-electron chi connectivity index (χ4n) is 4.32. The normalized spacial score (nSPS) is 18.1. The predicted octanol–water partition coefficient (Wildman–Crippen LogP) is 4.94. The van der Waals surface area contributed by atoms with Gasteiger partial charge in [0.15, 0.2) is 0 Å². The van der Waals surface area contributed by atoms with Gasteiger partial charge in [0.1, 0.15) is 17.2 Å². The lowest BCUT2D eigenvalue weighted by molar-refractivity contribution is -0.184. The molecule has 2 aliphatic rings. The molecule has 5 rings (SSSR count). The third-order valence-corrected chi connectivity index (χ3v) is 6.56. The molecule has 0 bridgehead atoms. The largest absolute Gasteiger partial charge is 0.416 e. The molecule has 1 fully saturated rings. The first-order valence-electron chi connectivity index (χ1n) is 10.8. The first kappa shape index (κ1) is 25.1. The molecule has 0 spiro atoms. The van der Waals surface area contributed by atoms with Crippen LogP contribution in [0.2, 0.25) is 5.02 Å². The Bertz CT molecular complexity index is 1460. The topological polar surface area (TPSA) is 87.7 Å². The number of carbonyl (C=O) groups excluding carboxylic acids is 2. The van der Waals surface area contributed by atoms with Crippen molar-refractivity contribution in [2.45, 2.75) is 17.8 Å². The zero-order chi connectivity index (χ0) is 26.7. The number of fused-ring (bicyclic) bond motifs is 1. The van der Waals surface area contributed by atoms with E-state index in [0.29, 0.717) is 12.1 Å². The van der Waals surface area contributed by atoms with Crippen molar-refractivity contribution >= 4 is 29.1 Å². The number of carbonyl (C=O) groups is 2. The molecule has 192 valence electrons. The van der Waals surface area contributed by atoms with Crippen molar-refractivity contribution in [2.24, 2.45) is 0 Å². The number of halogens is 6. The summed E-state index contributed by atoms with van der Waals surface area (Å²) in [5.74, 6) is -3.65. The summed E-state index contributed by atoms with van der Waals surface area (Å²) in [6.07, 6.45) is -4.90. The minimum atomic E-state index is -4.90. The second kappa shape index (κ2) is 8.79. The summed E-state index contributed by atoms with van der Waals surface area (Å²) in [5.41, 5.74) is -3.02. The van der Waals surface area contributed by atoms with Gasteiger partial charge in [0.25, 0.3) is 11.8 Å². The molecule has 0 saturated carbocycles. The highest BCUT2D eigenvalue weighted by Gasteiger charge is 2.42. The molecule has 0 aliphatic carbocycles. The number of hydrogen-bond acceptors (Lipinski definition) is 4. The van der Waals surface area contributed by atoms with E-state index in [1.807, 2.05) is 0 Å². The summed E-state index contributed by atoms with van der Waals surface area (Å²) in [7, 11) is 0. The van der Waals surface area contributed by atoms with E-state index < -0.39 is 52.4 Å². The Morgan fingerprint density at radius 1 is 1.08 bits per heavy atom. The van der Waals surface area contributed by atoms with Gasteiger partial charge in [-0.1, -0.05) is 11.6 Å². The summed E-state index contributed by atoms with van der Waals surface area (Å²) < 4.78 is 72.6. The molecular weight excluding hydrogens is 523 g/mol. The maximum absolute atomic E-state index is 14.0. The molecule has 2 heterocycles. The van der Waals surface area contributed by atoms with Crippen LogP contribution >= 0.6 is 11.6 Å². The molecule has 12 heteroatoms. The Balaban J connectivity index is 1.63. The summed E-state index contributed by atoms with van der Waals surface area (Å²) >= 11 is 6.25. The number of alkyl halides is 3. The van der Waals surface area contributed by atoms with Crippen LogP contribution < -0.4 is 10.6 Å². The van der Waals surface area contributed by atoms with Crippen molar-refractivity contribution in [1.29, 1.82) is 0 Å². The van der Waals surface area contributed by atoms with Gasteiger partial charge >= 0.3 is 6.18 Å². The van der Waals surface area contributed by atoms with Gasteiger partial charge in [-0.2, -0.15) is 13.2 Å². The monoisotopic (exact) mass is 538 g/mol. The van der Waals surface area contributed by atoms with Gasteiger partial charge in [0, 0.05) is 33.0 Å². The summed E-state index contributed by atoms with van der Waals surface area (Å²) in [4.78, 5) is 25.9. The van der Waals surface area contributed by atoms with Crippen LogP contribution in [0.25, 0.3) is 0 Å². The fraction of sp³-hybridized carbons (Fsp3) is 0.200. The zero-order valence-electron chi connectivity index (χ0n) is 18.6. The minimum Gasteiger partial charge on any atom is -0.380 e. The molecule has 1 atom stereocenters. The fourth-order valence-corrected chi connectivity index (χ4v) is 4.54. The number of amides is 2. The molecule has 3 aromatic rings. The number of aliphatic hydroxyl groups is 1. The van der Waals surface area contributed by atoms with E-state index in [4.69, 9.17) is 16.3 Å².